The van der Waals surface area contributed by atoms with Crippen molar-refractivity contribution in [2.45, 2.75) is 19.8 Å². The third kappa shape index (κ3) is 5.60. The predicted octanol–water partition coefficient (Wildman–Crippen LogP) is 2.77. The molecular weight excluding hydrogens is 463 g/mol. The van der Waals surface area contributed by atoms with Crippen LogP contribution in [-0.2, 0) is 14.3 Å². The van der Waals surface area contributed by atoms with Gasteiger partial charge in [-0.1, -0.05) is 0 Å². The van der Waals surface area contributed by atoms with Crippen molar-refractivity contribution in [1.82, 2.24) is 4.90 Å². The van der Waals surface area contributed by atoms with Gasteiger partial charge in [0.2, 0.25) is 0 Å². The fourth-order valence-corrected chi connectivity index (χ4v) is 3.44. The maximum atomic E-state index is 12.5. The Balaban J connectivity index is 2.31. The van der Waals surface area contributed by atoms with E-state index in [1.807, 2.05) is 13.0 Å². The summed E-state index contributed by atoms with van der Waals surface area (Å²) < 4.78 is 16.4. The van der Waals surface area contributed by atoms with E-state index in [1.54, 1.807) is 23.1 Å². The van der Waals surface area contributed by atoms with Crippen molar-refractivity contribution in [3.8, 4) is 17.6 Å². The number of carbonyl (C=O) groups excluding carboxylic acids is 2. The van der Waals surface area contributed by atoms with Crippen LogP contribution in [0.1, 0.15) is 25.3 Å². The first-order valence-electron chi connectivity index (χ1n) is 8.57. The van der Waals surface area contributed by atoms with Gasteiger partial charge in [-0.25, -0.2) is 4.79 Å². The first-order valence-corrected chi connectivity index (χ1v) is 9.65. The molecule has 1 aliphatic heterocycles. The molecule has 8 heteroatoms. The van der Waals surface area contributed by atoms with Crippen LogP contribution in [0.15, 0.2) is 17.7 Å². The van der Waals surface area contributed by atoms with E-state index in [1.165, 1.54) is 7.11 Å². The van der Waals surface area contributed by atoms with E-state index in [4.69, 9.17) is 9.47 Å². The van der Waals surface area contributed by atoms with Crippen LogP contribution in [0.4, 0.5) is 0 Å². The maximum absolute atomic E-state index is 12.5. The zero-order chi connectivity index (χ0) is 19.8. The maximum Gasteiger partial charge on any atom is 0.343 e. The number of hydrogen-bond acceptors (Lipinski definition) is 6. The number of amides is 1. The van der Waals surface area contributed by atoms with E-state index in [-0.39, 0.29) is 18.1 Å². The molecule has 1 heterocycles. The van der Waals surface area contributed by atoms with Crippen LogP contribution in [0, 0.1) is 14.9 Å². The summed E-state index contributed by atoms with van der Waals surface area (Å²) in [5.41, 5.74) is 0.732. The molecule has 1 aromatic rings. The second-order valence-corrected chi connectivity index (χ2v) is 6.96. The minimum atomic E-state index is -0.500. The number of hydrogen-bond donors (Lipinski definition) is 0. The monoisotopic (exact) mass is 484 g/mol. The number of nitriles is 1. The SMILES string of the molecule is CCOc1cc(/C=C(\C#N)C(=O)N2CCCC2)cc(I)c1OCC(=O)OC. The molecule has 0 aromatic heterocycles. The van der Waals surface area contributed by atoms with E-state index in [9.17, 15) is 14.9 Å². The van der Waals surface area contributed by atoms with Crippen LogP contribution in [0.25, 0.3) is 6.08 Å². The topological polar surface area (TPSA) is 88.9 Å². The molecule has 1 amide bonds. The van der Waals surface area contributed by atoms with Gasteiger partial charge in [0.1, 0.15) is 11.6 Å². The molecule has 0 bridgehead atoms. The Morgan fingerprint density at radius 1 is 1.30 bits per heavy atom. The highest BCUT2D eigenvalue weighted by Crippen LogP contribution is 2.35. The van der Waals surface area contributed by atoms with E-state index in [2.05, 4.69) is 27.3 Å². The summed E-state index contributed by atoms with van der Waals surface area (Å²) in [6, 6.07) is 5.45. The van der Waals surface area contributed by atoms with Crippen molar-refractivity contribution >= 4 is 40.5 Å². The minimum Gasteiger partial charge on any atom is -0.490 e. The molecule has 1 fully saturated rings. The summed E-state index contributed by atoms with van der Waals surface area (Å²) in [6.45, 7) is 3.35. The highest BCUT2D eigenvalue weighted by atomic mass is 127. The number of nitrogens with zero attached hydrogens (tertiary/aromatic N) is 2. The molecule has 2 rings (SSSR count). The highest BCUT2D eigenvalue weighted by Gasteiger charge is 2.22. The standard InChI is InChI=1S/C19H21IN2O5/c1-3-26-16-10-13(9-15(20)18(16)27-12-17(23)25-2)8-14(11-21)19(24)22-6-4-5-7-22/h8-10H,3-7,12H2,1-2H3/b14-8+. The second kappa shape index (κ2) is 10.2. The number of rotatable bonds is 7. The van der Waals surface area contributed by atoms with Crippen molar-refractivity contribution in [3.63, 3.8) is 0 Å². The van der Waals surface area contributed by atoms with Crippen LogP contribution >= 0.6 is 22.6 Å². The van der Waals surface area contributed by atoms with E-state index in [0.717, 1.165) is 12.8 Å². The minimum absolute atomic E-state index is 0.0818. The molecule has 1 aromatic carbocycles. The molecule has 0 radical (unpaired) electrons. The van der Waals surface area contributed by atoms with Crippen LogP contribution in [0.3, 0.4) is 0 Å². The molecule has 0 saturated carbocycles. The van der Waals surface area contributed by atoms with Gasteiger partial charge in [-0.3, -0.25) is 4.79 Å². The third-order valence-electron chi connectivity index (χ3n) is 3.95. The molecule has 0 unspecified atom stereocenters. The number of likely N-dealkylation sites (tertiary alicyclic amines) is 1. The summed E-state index contributed by atoms with van der Waals surface area (Å²) >= 11 is 2.06. The van der Waals surface area contributed by atoms with Crippen LogP contribution < -0.4 is 9.47 Å². The Labute approximate surface area is 172 Å². The van der Waals surface area contributed by atoms with Gasteiger partial charge < -0.3 is 19.1 Å². The molecule has 1 aliphatic rings. The number of methoxy groups -OCH3 is 1. The normalized spacial score (nSPS) is 13.9. The Morgan fingerprint density at radius 3 is 2.59 bits per heavy atom. The molecule has 1 saturated heterocycles. The van der Waals surface area contributed by atoms with Gasteiger partial charge in [0.25, 0.3) is 5.91 Å². The number of benzene rings is 1. The van der Waals surface area contributed by atoms with Gasteiger partial charge in [0.15, 0.2) is 18.1 Å². The molecule has 27 heavy (non-hydrogen) atoms. The fourth-order valence-electron chi connectivity index (χ4n) is 2.66. The zero-order valence-corrected chi connectivity index (χ0v) is 17.4. The largest absolute Gasteiger partial charge is 0.490 e. The highest BCUT2D eigenvalue weighted by molar-refractivity contribution is 14.1. The number of halogens is 1. The number of carbonyl (C=O) groups is 2. The Morgan fingerprint density at radius 2 is 2.00 bits per heavy atom. The molecule has 0 aliphatic carbocycles. The summed E-state index contributed by atoms with van der Waals surface area (Å²) in [5.74, 6) is 0.101. The van der Waals surface area contributed by atoms with Gasteiger partial charge in [-0.15, -0.1) is 0 Å². The smallest absolute Gasteiger partial charge is 0.343 e. The summed E-state index contributed by atoms with van der Waals surface area (Å²) in [5, 5.41) is 9.41. The lowest BCUT2D eigenvalue weighted by molar-refractivity contribution is -0.143. The average molecular weight is 484 g/mol. The summed E-state index contributed by atoms with van der Waals surface area (Å²) in [4.78, 5) is 25.5. The fraction of sp³-hybridized carbons (Fsp3) is 0.421. The first-order chi connectivity index (χ1) is 13.0. The van der Waals surface area contributed by atoms with E-state index in [0.29, 0.717) is 40.3 Å². The predicted molar refractivity (Wildman–Crippen MR) is 107 cm³/mol. The van der Waals surface area contributed by atoms with Crippen molar-refractivity contribution in [1.29, 1.82) is 5.26 Å². The van der Waals surface area contributed by atoms with Crippen molar-refractivity contribution in [3.05, 3.63) is 26.8 Å². The lowest BCUT2D eigenvalue weighted by Crippen LogP contribution is -2.28. The van der Waals surface area contributed by atoms with Crippen molar-refractivity contribution in [2.75, 3.05) is 33.4 Å². The molecule has 7 nitrogen and oxygen atoms in total. The van der Waals surface area contributed by atoms with Gasteiger partial charge in [0.05, 0.1) is 17.3 Å². The van der Waals surface area contributed by atoms with Gasteiger partial charge in [-0.05, 0) is 66.1 Å². The molecule has 0 N–H and O–H groups in total. The lowest BCUT2D eigenvalue weighted by atomic mass is 10.1. The van der Waals surface area contributed by atoms with Crippen LogP contribution in [0.5, 0.6) is 11.5 Å². The van der Waals surface area contributed by atoms with Gasteiger partial charge >= 0.3 is 5.97 Å². The Bertz CT molecular complexity index is 779. The quantitative estimate of drug-likeness (QED) is 0.256. The van der Waals surface area contributed by atoms with Gasteiger partial charge in [-0.2, -0.15) is 5.26 Å². The molecular formula is C19H21IN2O5. The molecule has 144 valence electrons. The Hall–Kier alpha value is -2.28. The Kier molecular flexibility index (Phi) is 7.91. The summed E-state index contributed by atoms with van der Waals surface area (Å²) in [7, 11) is 1.29. The van der Waals surface area contributed by atoms with E-state index < -0.39 is 5.97 Å². The summed E-state index contributed by atoms with van der Waals surface area (Å²) in [6.07, 6.45) is 3.47. The third-order valence-corrected chi connectivity index (χ3v) is 4.75. The lowest BCUT2D eigenvalue weighted by Gasteiger charge is -2.15. The molecule has 0 atom stereocenters. The van der Waals surface area contributed by atoms with Crippen LogP contribution in [-0.4, -0.2) is 50.2 Å². The first kappa shape index (κ1) is 21.0. The second-order valence-electron chi connectivity index (χ2n) is 5.80. The number of esters is 1. The van der Waals surface area contributed by atoms with Gasteiger partial charge in [0, 0.05) is 13.1 Å². The van der Waals surface area contributed by atoms with Crippen molar-refractivity contribution < 1.29 is 23.8 Å². The molecule has 0 spiro atoms. The average Bonchev–Trinajstić information content (AvgIpc) is 3.19. The number of ether oxygens (including phenoxy) is 3. The zero-order valence-electron chi connectivity index (χ0n) is 15.3. The van der Waals surface area contributed by atoms with Crippen molar-refractivity contribution in [2.24, 2.45) is 0 Å². The van der Waals surface area contributed by atoms with E-state index >= 15 is 0 Å². The van der Waals surface area contributed by atoms with Crippen LogP contribution in [0.2, 0.25) is 0 Å².